The van der Waals surface area contributed by atoms with Crippen molar-refractivity contribution in [3.8, 4) is 0 Å². The molecule has 1 aliphatic rings. The molecule has 1 atom stereocenters. The molecule has 2 N–H and O–H groups in total. The molecule has 0 spiro atoms. The van der Waals surface area contributed by atoms with Gasteiger partial charge < -0.3 is 10.3 Å². The predicted octanol–water partition coefficient (Wildman–Crippen LogP) is 2.78. The third-order valence-electron chi connectivity index (χ3n) is 4.14. The molecule has 0 amide bonds. The van der Waals surface area contributed by atoms with Crippen LogP contribution < -0.4 is 10.9 Å². The lowest BCUT2D eigenvalue weighted by Gasteiger charge is -2.27. The standard InChI is InChI=1S/C15H24N2O/c1-3-11(4-2)10-16-13-6-5-7-14-12(13)8-9-15(18)17-14/h8-9,11,13,16H,3-7,10H2,1-2H3,(H,17,18). The smallest absolute Gasteiger partial charge is 0.248 e. The lowest BCUT2D eigenvalue weighted by Crippen LogP contribution is -2.30. The number of fused-ring (bicyclic) bond motifs is 1. The van der Waals surface area contributed by atoms with Crippen LogP contribution in [0.1, 0.15) is 56.8 Å². The van der Waals surface area contributed by atoms with Gasteiger partial charge in [-0.2, -0.15) is 0 Å². The van der Waals surface area contributed by atoms with Crippen LogP contribution in [0.5, 0.6) is 0 Å². The molecule has 2 rings (SSSR count). The molecule has 100 valence electrons. The molecular formula is C15H24N2O. The van der Waals surface area contributed by atoms with Crippen LogP contribution in [0.2, 0.25) is 0 Å². The SMILES string of the molecule is CCC(CC)CNC1CCCc2[nH]c(=O)ccc21. The van der Waals surface area contributed by atoms with E-state index in [9.17, 15) is 4.79 Å². The van der Waals surface area contributed by atoms with Crippen molar-refractivity contribution >= 4 is 0 Å². The monoisotopic (exact) mass is 248 g/mol. The summed E-state index contributed by atoms with van der Waals surface area (Å²) in [6.07, 6.45) is 5.81. The summed E-state index contributed by atoms with van der Waals surface area (Å²) < 4.78 is 0. The van der Waals surface area contributed by atoms with Gasteiger partial charge in [-0.15, -0.1) is 0 Å². The number of hydrogen-bond donors (Lipinski definition) is 2. The summed E-state index contributed by atoms with van der Waals surface area (Å²) in [7, 11) is 0. The molecule has 1 unspecified atom stereocenters. The van der Waals surface area contributed by atoms with E-state index in [2.05, 4.69) is 24.1 Å². The van der Waals surface area contributed by atoms with Crippen LogP contribution in [0, 0.1) is 5.92 Å². The van der Waals surface area contributed by atoms with Crippen molar-refractivity contribution in [1.29, 1.82) is 0 Å². The topological polar surface area (TPSA) is 44.9 Å². The Bertz CT molecular complexity index is 434. The first kappa shape index (κ1) is 13.3. The van der Waals surface area contributed by atoms with E-state index in [4.69, 9.17) is 0 Å². The van der Waals surface area contributed by atoms with Crippen LogP contribution in [0.3, 0.4) is 0 Å². The highest BCUT2D eigenvalue weighted by Gasteiger charge is 2.20. The number of H-pyrrole nitrogens is 1. The van der Waals surface area contributed by atoms with Crippen molar-refractivity contribution in [1.82, 2.24) is 10.3 Å². The Morgan fingerprint density at radius 2 is 2.17 bits per heavy atom. The molecule has 0 aliphatic heterocycles. The summed E-state index contributed by atoms with van der Waals surface area (Å²) in [5.41, 5.74) is 2.46. The number of hydrogen-bond acceptors (Lipinski definition) is 2. The zero-order chi connectivity index (χ0) is 13.0. The quantitative estimate of drug-likeness (QED) is 0.841. The zero-order valence-electron chi connectivity index (χ0n) is 11.5. The number of aromatic nitrogens is 1. The molecule has 1 heterocycles. The van der Waals surface area contributed by atoms with Crippen LogP contribution >= 0.6 is 0 Å². The van der Waals surface area contributed by atoms with Gasteiger partial charge in [-0.1, -0.05) is 32.8 Å². The summed E-state index contributed by atoms with van der Waals surface area (Å²) in [6, 6.07) is 4.07. The van der Waals surface area contributed by atoms with Gasteiger partial charge in [0.2, 0.25) is 5.56 Å². The minimum Gasteiger partial charge on any atom is -0.326 e. The van der Waals surface area contributed by atoms with Crippen molar-refractivity contribution in [2.24, 2.45) is 5.92 Å². The third-order valence-corrected chi connectivity index (χ3v) is 4.14. The van der Waals surface area contributed by atoms with Crippen LogP contribution in [-0.2, 0) is 6.42 Å². The average molecular weight is 248 g/mol. The minimum atomic E-state index is 0.0226. The molecule has 0 radical (unpaired) electrons. The zero-order valence-corrected chi connectivity index (χ0v) is 11.5. The number of rotatable bonds is 5. The Balaban J connectivity index is 2.06. The first-order valence-corrected chi connectivity index (χ1v) is 7.20. The fourth-order valence-electron chi connectivity index (χ4n) is 2.80. The molecule has 0 aromatic carbocycles. The Kier molecular flexibility index (Phi) is 4.59. The molecule has 1 aliphatic carbocycles. The number of aromatic amines is 1. The Morgan fingerprint density at radius 1 is 1.39 bits per heavy atom. The van der Waals surface area contributed by atoms with Crippen molar-refractivity contribution in [2.45, 2.75) is 52.0 Å². The molecule has 1 aromatic rings. The Hall–Kier alpha value is -1.09. The highest BCUT2D eigenvalue weighted by Crippen LogP contribution is 2.27. The lowest BCUT2D eigenvalue weighted by molar-refractivity contribution is 0.384. The van der Waals surface area contributed by atoms with E-state index in [1.807, 2.05) is 6.07 Å². The van der Waals surface area contributed by atoms with E-state index >= 15 is 0 Å². The molecule has 0 saturated carbocycles. The van der Waals surface area contributed by atoms with E-state index < -0.39 is 0 Å². The van der Waals surface area contributed by atoms with E-state index in [1.165, 1.54) is 24.8 Å². The maximum Gasteiger partial charge on any atom is 0.248 e. The molecule has 3 nitrogen and oxygen atoms in total. The van der Waals surface area contributed by atoms with Gasteiger partial charge in [0.05, 0.1) is 0 Å². The fraction of sp³-hybridized carbons (Fsp3) is 0.667. The second-order valence-corrected chi connectivity index (χ2v) is 5.29. The lowest BCUT2D eigenvalue weighted by atomic mass is 9.90. The third kappa shape index (κ3) is 3.02. The molecule has 3 heteroatoms. The second-order valence-electron chi connectivity index (χ2n) is 5.29. The minimum absolute atomic E-state index is 0.0226. The summed E-state index contributed by atoms with van der Waals surface area (Å²) in [5.74, 6) is 0.762. The molecular weight excluding hydrogens is 224 g/mol. The van der Waals surface area contributed by atoms with Gasteiger partial charge in [-0.3, -0.25) is 4.79 Å². The second kappa shape index (κ2) is 6.19. The number of nitrogens with one attached hydrogen (secondary N) is 2. The highest BCUT2D eigenvalue weighted by molar-refractivity contribution is 5.26. The van der Waals surface area contributed by atoms with Gasteiger partial charge in [0.25, 0.3) is 0 Å². The molecule has 0 fully saturated rings. The summed E-state index contributed by atoms with van der Waals surface area (Å²) in [4.78, 5) is 14.3. The van der Waals surface area contributed by atoms with Gasteiger partial charge in [0.15, 0.2) is 0 Å². The van der Waals surface area contributed by atoms with Gasteiger partial charge in [0.1, 0.15) is 0 Å². The normalized spacial score (nSPS) is 18.9. The van der Waals surface area contributed by atoms with Crippen molar-refractivity contribution in [3.63, 3.8) is 0 Å². The van der Waals surface area contributed by atoms with Crippen LogP contribution in [-0.4, -0.2) is 11.5 Å². The molecule has 18 heavy (non-hydrogen) atoms. The molecule has 0 bridgehead atoms. The van der Waals surface area contributed by atoms with Crippen molar-refractivity contribution in [2.75, 3.05) is 6.54 Å². The van der Waals surface area contributed by atoms with Crippen LogP contribution in [0.15, 0.2) is 16.9 Å². The average Bonchev–Trinajstić information content (AvgIpc) is 2.39. The first-order chi connectivity index (χ1) is 8.74. The van der Waals surface area contributed by atoms with Crippen LogP contribution in [0.25, 0.3) is 0 Å². The first-order valence-electron chi connectivity index (χ1n) is 7.20. The number of aryl methyl sites for hydroxylation is 1. The highest BCUT2D eigenvalue weighted by atomic mass is 16.1. The van der Waals surface area contributed by atoms with E-state index in [0.717, 1.165) is 31.0 Å². The largest absolute Gasteiger partial charge is 0.326 e. The van der Waals surface area contributed by atoms with Crippen molar-refractivity contribution < 1.29 is 0 Å². The maximum absolute atomic E-state index is 11.3. The summed E-state index contributed by atoms with van der Waals surface area (Å²) >= 11 is 0. The van der Waals surface area contributed by atoms with Gasteiger partial charge in [-0.25, -0.2) is 0 Å². The van der Waals surface area contributed by atoms with Gasteiger partial charge >= 0.3 is 0 Å². The van der Waals surface area contributed by atoms with Crippen molar-refractivity contribution in [3.05, 3.63) is 33.7 Å². The van der Waals surface area contributed by atoms with E-state index in [-0.39, 0.29) is 5.56 Å². The van der Waals surface area contributed by atoms with E-state index in [1.54, 1.807) is 6.07 Å². The summed E-state index contributed by atoms with van der Waals surface area (Å²) in [5, 5.41) is 3.68. The van der Waals surface area contributed by atoms with Crippen LogP contribution in [0.4, 0.5) is 0 Å². The predicted molar refractivity (Wildman–Crippen MR) is 74.8 cm³/mol. The summed E-state index contributed by atoms with van der Waals surface area (Å²) in [6.45, 7) is 5.58. The Labute approximate surface area is 109 Å². The molecule has 0 saturated heterocycles. The Morgan fingerprint density at radius 3 is 2.89 bits per heavy atom. The van der Waals surface area contributed by atoms with Gasteiger partial charge in [-0.05, 0) is 37.3 Å². The maximum atomic E-state index is 11.3. The fourth-order valence-corrected chi connectivity index (χ4v) is 2.80. The molecule has 1 aromatic heterocycles. The number of pyridine rings is 1. The van der Waals surface area contributed by atoms with Gasteiger partial charge in [0, 0.05) is 17.8 Å². The van der Waals surface area contributed by atoms with E-state index in [0.29, 0.717) is 6.04 Å².